The Labute approximate surface area is 330 Å². The minimum atomic E-state index is -1.17. The summed E-state index contributed by atoms with van der Waals surface area (Å²) in [6.45, 7) is 22.5. The molecule has 0 bridgehead atoms. The average Bonchev–Trinajstić information content (AvgIpc) is 3.42. The van der Waals surface area contributed by atoms with Gasteiger partial charge in [0.2, 0.25) is 0 Å². The molecule has 9 heteroatoms. The van der Waals surface area contributed by atoms with Gasteiger partial charge >= 0.3 is 11.9 Å². The van der Waals surface area contributed by atoms with E-state index in [-0.39, 0.29) is 51.8 Å². The highest BCUT2D eigenvalue weighted by Crippen LogP contribution is 2.77. The van der Waals surface area contributed by atoms with Crippen molar-refractivity contribution in [1.29, 1.82) is 0 Å². The molecule has 0 aromatic carbocycles. The molecule has 55 heavy (non-hydrogen) atoms. The van der Waals surface area contributed by atoms with Gasteiger partial charge in [0.1, 0.15) is 6.10 Å². The average molecular weight is 762 g/mol. The topological polar surface area (TPSA) is 129 Å². The zero-order valence-electron chi connectivity index (χ0n) is 35.6. The fraction of sp³-hybridized carbons (Fsp3) is 0.783. The van der Waals surface area contributed by atoms with Gasteiger partial charge in [0.25, 0.3) is 0 Å². The Morgan fingerprint density at radius 2 is 1.75 bits per heavy atom. The molecule has 0 aliphatic heterocycles. The lowest BCUT2D eigenvalue weighted by atomic mass is 9.33. The van der Waals surface area contributed by atoms with Gasteiger partial charge in [0.05, 0.1) is 17.9 Å². The molecule has 306 valence electrons. The van der Waals surface area contributed by atoms with Gasteiger partial charge in [-0.2, -0.15) is 0 Å². The Hall–Kier alpha value is -2.62. The molecule has 9 atom stereocenters. The summed E-state index contributed by atoms with van der Waals surface area (Å²) >= 11 is 0. The first-order chi connectivity index (χ1) is 25.7. The summed E-state index contributed by atoms with van der Waals surface area (Å²) in [4.78, 5) is 45.8. The van der Waals surface area contributed by atoms with Crippen LogP contribution >= 0.6 is 0 Å². The van der Waals surface area contributed by atoms with Crippen LogP contribution in [0, 0.1) is 56.2 Å². The molecule has 1 aromatic heterocycles. The van der Waals surface area contributed by atoms with E-state index in [4.69, 9.17) is 4.74 Å². The molecule has 1 aromatic rings. The molecule has 4 fully saturated rings. The summed E-state index contributed by atoms with van der Waals surface area (Å²) in [6, 6.07) is 4.06. The van der Waals surface area contributed by atoms with E-state index in [1.54, 1.807) is 20.0 Å². The van der Waals surface area contributed by atoms with Crippen LogP contribution in [0.3, 0.4) is 0 Å². The van der Waals surface area contributed by atoms with E-state index < -0.39 is 28.9 Å². The van der Waals surface area contributed by atoms with Crippen LogP contribution in [0.15, 0.2) is 35.7 Å². The van der Waals surface area contributed by atoms with E-state index in [0.29, 0.717) is 31.3 Å². The lowest BCUT2D eigenvalue weighted by Crippen LogP contribution is -2.66. The third-order valence-corrected chi connectivity index (χ3v) is 16.7. The molecule has 2 unspecified atom stereocenters. The minimum absolute atomic E-state index is 0.0232. The van der Waals surface area contributed by atoms with Crippen LogP contribution in [0.5, 0.6) is 0 Å². The molecular formula is C46H71N3O6. The first-order valence-electron chi connectivity index (χ1n) is 21.3. The number of likely N-dealkylation sites (N-methyl/N-ethyl adjacent to an activating group) is 1. The van der Waals surface area contributed by atoms with Crippen LogP contribution < -0.4 is 5.32 Å². The van der Waals surface area contributed by atoms with Crippen molar-refractivity contribution in [2.24, 2.45) is 56.2 Å². The minimum Gasteiger partial charge on any atom is -0.481 e. The zero-order valence-corrected chi connectivity index (χ0v) is 35.6. The highest BCUT2D eigenvalue weighted by molar-refractivity contribution is 6.00. The van der Waals surface area contributed by atoms with Gasteiger partial charge in [-0.1, -0.05) is 60.1 Å². The maximum absolute atomic E-state index is 14.2. The second-order valence-corrected chi connectivity index (χ2v) is 20.8. The van der Waals surface area contributed by atoms with Crippen molar-refractivity contribution in [3.8, 4) is 0 Å². The quantitative estimate of drug-likeness (QED) is 0.172. The van der Waals surface area contributed by atoms with Crippen LogP contribution in [0.4, 0.5) is 0 Å². The Kier molecular flexibility index (Phi) is 11.4. The lowest BCUT2D eigenvalue weighted by Gasteiger charge is -2.72. The number of rotatable bonds is 13. The number of carbonyl (C=O) groups is 3. The molecule has 0 spiro atoms. The number of hydrogen-bond acceptors (Lipinski definition) is 8. The molecule has 5 aliphatic carbocycles. The van der Waals surface area contributed by atoms with Gasteiger partial charge in [0, 0.05) is 55.8 Å². The van der Waals surface area contributed by atoms with Crippen molar-refractivity contribution in [1.82, 2.24) is 15.2 Å². The van der Waals surface area contributed by atoms with E-state index in [1.807, 2.05) is 19.3 Å². The van der Waals surface area contributed by atoms with Gasteiger partial charge in [0.15, 0.2) is 5.78 Å². The number of aliphatic hydroxyl groups is 1. The Bertz CT molecular complexity index is 1660. The number of esters is 1. The van der Waals surface area contributed by atoms with E-state index in [2.05, 4.69) is 69.7 Å². The second kappa shape index (κ2) is 15.0. The summed E-state index contributed by atoms with van der Waals surface area (Å²) in [5, 5.41) is 25.5. The Morgan fingerprint density at radius 3 is 2.38 bits per heavy atom. The van der Waals surface area contributed by atoms with Crippen molar-refractivity contribution in [2.45, 2.75) is 145 Å². The van der Waals surface area contributed by atoms with Gasteiger partial charge < -0.3 is 20.3 Å². The first kappa shape index (κ1) is 42.0. The van der Waals surface area contributed by atoms with Crippen LogP contribution in [-0.2, 0) is 25.7 Å². The number of nitrogens with zero attached hydrogens (tertiary/aromatic N) is 2. The number of aromatic nitrogens is 1. The normalized spacial score (nSPS) is 36.2. The van der Waals surface area contributed by atoms with Crippen LogP contribution in [0.25, 0.3) is 0 Å². The van der Waals surface area contributed by atoms with Crippen molar-refractivity contribution in [3.05, 3.63) is 41.2 Å². The highest BCUT2D eigenvalue weighted by atomic mass is 16.5. The number of ketones is 1. The molecule has 4 saturated carbocycles. The number of aliphatic hydroxyl groups excluding tert-OH is 1. The summed E-state index contributed by atoms with van der Waals surface area (Å²) in [7, 11) is 1.96. The lowest BCUT2D eigenvalue weighted by molar-refractivity contribution is -0.235. The van der Waals surface area contributed by atoms with Crippen molar-refractivity contribution in [3.63, 3.8) is 0 Å². The van der Waals surface area contributed by atoms with Crippen molar-refractivity contribution in [2.75, 3.05) is 26.7 Å². The summed E-state index contributed by atoms with van der Waals surface area (Å²) < 4.78 is 6.19. The maximum atomic E-state index is 14.2. The highest BCUT2D eigenvalue weighted by Gasteiger charge is 2.71. The van der Waals surface area contributed by atoms with Gasteiger partial charge in [-0.3, -0.25) is 24.3 Å². The summed E-state index contributed by atoms with van der Waals surface area (Å²) in [6.07, 6.45) is 10.9. The predicted molar refractivity (Wildman–Crippen MR) is 215 cm³/mol. The number of allylic oxidation sites excluding steroid dienone is 1. The molecule has 9 nitrogen and oxygen atoms in total. The first-order valence-corrected chi connectivity index (χ1v) is 21.3. The number of aliphatic carboxylic acids is 1. The largest absolute Gasteiger partial charge is 0.481 e. The number of nitrogens with one attached hydrogen (secondary N) is 1. The SMILES string of the molecule is CNCCN(Cc1cccnc1)C[C@H](O)C12CC[C@]3(C)C(CC[C@@H]4[C@@]5(C)CC[C@H](OC(=O)CC(C)(C)C(=O)O)C(C)(C)[C@@H]5CC[C@]43C)C1=C(C(C)C)C(=O)C2. The monoisotopic (exact) mass is 762 g/mol. The van der Waals surface area contributed by atoms with Crippen molar-refractivity contribution >= 4 is 17.7 Å². The molecular weight excluding hydrogens is 691 g/mol. The van der Waals surface area contributed by atoms with Crippen LogP contribution in [0.1, 0.15) is 132 Å². The number of fused-ring (bicyclic) bond motifs is 7. The Balaban J connectivity index is 1.28. The maximum Gasteiger partial charge on any atom is 0.309 e. The summed E-state index contributed by atoms with van der Waals surface area (Å²) in [5.74, 6) is 0.0293. The molecule has 5 aliphatic rings. The third kappa shape index (κ3) is 6.94. The van der Waals surface area contributed by atoms with Gasteiger partial charge in [-0.15, -0.1) is 0 Å². The van der Waals surface area contributed by atoms with E-state index in [1.165, 1.54) is 5.57 Å². The van der Waals surface area contributed by atoms with E-state index >= 15 is 0 Å². The number of carbonyl (C=O) groups excluding carboxylic acids is 2. The zero-order chi connectivity index (χ0) is 40.4. The van der Waals surface area contributed by atoms with Gasteiger partial charge in [-0.25, -0.2) is 0 Å². The number of ether oxygens (including phenoxy) is 1. The molecule has 0 radical (unpaired) electrons. The number of Topliss-reactive ketones (excluding diaryl/α,β-unsaturated/α-hetero) is 1. The van der Waals surface area contributed by atoms with Crippen molar-refractivity contribution < 1.29 is 29.3 Å². The third-order valence-electron chi connectivity index (χ3n) is 16.7. The molecule has 0 saturated heterocycles. The number of pyridine rings is 1. The van der Waals surface area contributed by atoms with E-state index in [0.717, 1.165) is 75.6 Å². The fourth-order valence-electron chi connectivity index (χ4n) is 13.6. The molecule has 1 heterocycles. The Morgan fingerprint density at radius 1 is 1.02 bits per heavy atom. The fourth-order valence-corrected chi connectivity index (χ4v) is 13.6. The molecule has 0 amide bonds. The second-order valence-electron chi connectivity index (χ2n) is 20.8. The smallest absolute Gasteiger partial charge is 0.309 e. The standard InChI is InChI=1S/C46H71N3O6/c1-29(2)38-32(50)24-46(35(51)28-49(23-22-47-10)27-30-12-11-21-48-26-30)20-19-44(8)31(39(38)46)13-14-34-43(7)17-16-36(55-37(52)25-41(3,4)40(53)54)42(5,6)33(43)15-18-45(34,44)9/h11-12,21,26,29,31,33-36,47,51H,13-20,22-25,27-28H2,1-10H3,(H,53,54)/t31?,33-,34+,35-,36-,43-,44+,45+,46?/m0/s1. The molecule has 3 N–H and O–H groups in total. The summed E-state index contributed by atoms with van der Waals surface area (Å²) in [5.41, 5.74) is 1.54. The van der Waals surface area contributed by atoms with Crippen LogP contribution in [-0.4, -0.2) is 76.7 Å². The number of carboxylic acids is 1. The van der Waals surface area contributed by atoms with E-state index in [9.17, 15) is 24.6 Å². The molecule has 6 rings (SSSR count). The number of hydrogen-bond donors (Lipinski definition) is 3. The van der Waals surface area contributed by atoms with Gasteiger partial charge in [-0.05, 0) is 129 Å². The number of carboxylic acid groups (broad SMARTS) is 1. The van der Waals surface area contributed by atoms with Crippen LogP contribution in [0.2, 0.25) is 0 Å². The predicted octanol–water partition coefficient (Wildman–Crippen LogP) is 7.86.